The summed E-state index contributed by atoms with van der Waals surface area (Å²) in [6, 6.07) is 22.9. The molecule has 1 amide bonds. The van der Waals surface area contributed by atoms with Crippen LogP contribution >= 0.6 is 0 Å². The minimum Gasteiger partial charge on any atom is -0.497 e. The quantitative estimate of drug-likeness (QED) is 0.242. The lowest BCUT2D eigenvalue weighted by atomic mass is 9.94. The lowest BCUT2D eigenvalue weighted by Crippen LogP contribution is -2.36. The molecule has 234 valence electrons. The summed E-state index contributed by atoms with van der Waals surface area (Å²) in [7, 11) is 0.278. The summed E-state index contributed by atoms with van der Waals surface area (Å²) >= 11 is 0. The van der Waals surface area contributed by atoms with E-state index in [4.69, 9.17) is 19.2 Å². The van der Waals surface area contributed by atoms with Gasteiger partial charge in [0.15, 0.2) is 11.5 Å². The molecule has 4 aromatic rings. The molecule has 0 fully saturated rings. The van der Waals surface area contributed by atoms with E-state index in [9.17, 15) is 14.1 Å². The number of aromatic nitrogens is 1. The van der Waals surface area contributed by atoms with Crippen LogP contribution in [0.4, 0.5) is 0 Å². The maximum atomic E-state index is 13.8. The van der Waals surface area contributed by atoms with Gasteiger partial charge < -0.3 is 24.6 Å². The van der Waals surface area contributed by atoms with Crippen LogP contribution in [-0.2, 0) is 24.1 Å². The molecule has 2 N–H and O–H groups in total. The second-order valence-electron chi connectivity index (χ2n) is 12.1. The number of fused-ring (bicyclic) bond motifs is 2. The van der Waals surface area contributed by atoms with Gasteiger partial charge in [-0.25, -0.2) is 13.5 Å². The highest BCUT2D eigenvalue weighted by Crippen LogP contribution is 2.44. The fraction of sp³-hybridized carbons (Fsp3) is 0.314. The Kier molecular flexibility index (Phi) is 8.63. The molecule has 45 heavy (non-hydrogen) atoms. The van der Waals surface area contributed by atoms with Crippen molar-refractivity contribution in [1.82, 2.24) is 14.6 Å². The second kappa shape index (κ2) is 12.6. The molecule has 0 unspecified atom stereocenters. The predicted octanol–water partition coefficient (Wildman–Crippen LogP) is 5.78. The van der Waals surface area contributed by atoms with Gasteiger partial charge in [0, 0.05) is 30.8 Å². The van der Waals surface area contributed by atoms with Crippen LogP contribution in [0.15, 0.2) is 72.8 Å². The largest absolute Gasteiger partial charge is 0.497 e. The number of benzene rings is 3. The van der Waals surface area contributed by atoms with Crippen LogP contribution in [0.3, 0.4) is 0 Å². The van der Waals surface area contributed by atoms with Crippen LogP contribution in [-0.4, -0.2) is 49.8 Å². The van der Waals surface area contributed by atoms with Gasteiger partial charge in [0.2, 0.25) is 6.79 Å². The molecule has 0 spiro atoms. The molecule has 3 heterocycles. The summed E-state index contributed by atoms with van der Waals surface area (Å²) in [5.74, 6) is 1.76. The van der Waals surface area contributed by atoms with Gasteiger partial charge in [-0.1, -0.05) is 36.4 Å². The average Bonchev–Trinajstić information content (AvgIpc) is 3.67. The van der Waals surface area contributed by atoms with Gasteiger partial charge in [-0.15, -0.1) is 0 Å². The highest BCUT2D eigenvalue weighted by Gasteiger charge is 2.40. The standard InChI is InChI=1S/C35H37N3O6S/c1-35(2,3)45(41)38-20-26-18-28(34(40)36-19-22-11-12-30-31(15-22)44-21-43-30)37-33(32(26)29(38)13-14-39)25-9-5-7-23(16-25)24-8-6-10-27(17-24)42-4/h5-12,15-18,29,39H,13-14,19-21H2,1-4H3,(H,36,40)/t29-,45-/m1/s1. The molecule has 9 nitrogen and oxygen atoms in total. The molecule has 0 saturated heterocycles. The van der Waals surface area contributed by atoms with E-state index in [0.717, 1.165) is 39.1 Å². The molecular weight excluding hydrogens is 590 g/mol. The Morgan fingerprint density at radius 1 is 1.02 bits per heavy atom. The van der Waals surface area contributed by atoms with Crippen LogP contribution in [0, 0.1) is 0 Å². The van der Waals surface area contributed by atoms with Gasteiger partial charge in [0.05, 0.1) is 23.6 Å². The Hall–Kier alpha value is -4.25. The molecule has 10 heteroatoms. The topological polar surface area (TPSA) is 110 Å². The summed E-state index contributed by atoms with van der Waals surface area (Å²) in [6.45, 7) is 6.57. The van der Waals surface area contributed by atoms with E-state index >= 15 is 0 Å². The van der Waals surface area contributed by atoms with Gasteiger partial charge in [-0.05, 0) is 85.8 Å². The van der Waals surface area contributed by atoms with E-state index in [1.54, 1.807) is 13.2 Å². The van der Waals surface area contributed by atoms with Crippen molar-refractivity contribution in [2.24, 2.45) is 0 Å². The molecule has 2 atom stereocenters. The van der Waals surface area contributed by atoms with Crippen LogP contribution in [0.1, 0.15) is 60.4 Å². The maximum Gasteiger partial charge on any atom is 0.270 e. The van der Waals surface area contributed by atoms with Crippen molar-refractivity contribution >= 4 is 16.9 Å². The first-order valence-corrected chi connectivity index (χ1v) is 16.0. The van der Waals surface area contributed by atoms with Crippen LogP contribution in [0.25, 0.3) is 22.4 Å². The van der Waals surface area contributed by atoms with Crippen molar-refractivity contribution in [3.05, 3.63) is 95.2 Å². The van der Waals surface area contributed by atoms with E-state index in [1.807, 2.05) is 91.8 Å². The smallest absolute Gasteiger partial charge is 0.270 e. The highest BCUT2D eigenvalue weighted by atomic mass is 32.2. The summed E-state index contributed by atoms with van der Waals surface area (Å²) in [6.07, 6.45) is 0.384. The molecule has 2 aliphatic heterocycles. The Labute approximate surface area is 265 Å². The fourth-order valence-corrected chi connectivity index (χ4v) is 7.18. The first-order chi connectivity index (χ1) is 21.7. The summed E-state index contributed by atoms with van der Waals surface area (Å²) in [4.78, 5) is 18.6. The van der Waals surface area contributed by atoms with Gasteiger partial charge in [0.1, 0.15) is 22.4 Å². The molecule has 0 aliphatic carbocycles. The molecule has 6 rings (SSSR count). The first kappa shape index (κ1) is 30.8. The molecule has 0 bridgehead atoms. The maximum absolute atomic E-state index is 13.8. The van der Waals surface area contributed by atoms with Gasteiger partial charge in [0.25, 0.3) is 5.91 Å². The average molecular weight is 628 g/mol. The van der Waals surface area contributed by atoms with E-state index in [1.165, 1.54) is 0 Å². The zero-order valence-corrected chi connectivity index (χ0v) is 26.6. The number of nitrogens with one attached hydrogen (secondary N) is 1. The van der Waals surface area contributed by atoms with Crippen molar-refractivity contribution in [3.63, 3.8) is 0 Å². The van der Waals surface area contributed by atoms with E-state index in [2.05, 4.69) is 5.32 Å². The van der Waals surface area contributed by atoms with Gasteiger partial charge in [-0.3, -0.25) is 4.79 Å². The van der Waals surface area contributed by atoms with Crippen molar-refractivity contribution in [1.29, 1.82) is 0 Å². The minimum absolute atomic E-state index is 0.0803. The van der Waals surface area contributed by atoms with E-state index in [-0.39, 0.29) is 37.6 Å². The van der Waals surface area contributed by atoms with Crippen molar-refractivity contribution in [2.45, 2.75) is 51.1 Å². The number of rotatable bonds is 9. The summed E-state index contributed by atoms with van der Waals surface area (Å²) < 4.78 is 31.5. The lowest BCUT2D eigenvalue weighted by molar-refractivity contribution is 0.0945. The Balaban J connectivity index is 1.41. The zero-order valence-electron chi connectivity index (χ0n) is 25.8. The molecule has 2 aliphatic rings. The van der Waals surface area contributed by atoms with Crippen LogP contribution < -0.4 is 19.5 Å². The third kappa shape index (κ3) is 6.31. The third-order valence-corrected chi connectivity index (χ3v) is 9.81. The number of pyridine rings is 1. The number of aliphatic hydroxyl groups is 1. The molecule has 3 aromatic carbocycles. The number of aliphatic hydroxyl groups excluding tert-OH is 1. The van der Waals surface area contributed by atoms with Crippen molar-refractivity contribution < 1.29 is 28.3 Å². The molecule has 1 aromatic heterocycles. The Morgan fingerprint density at radius 3 is 2.51 bits per heavy atom. The number of amides is 1. The van der Waals surface area contributed by atoms with Gasteiger partial charge in [-0.2, -0.15) is 0 Å². The number of nitrogens with zero attached hydrogens (tertiary/aromatic N) is 2. The fourth-order valence-electron chi connectivity index (χ4n) is 5.78. The van der Waals surface area contributed by atoms with E-state index in [0.29, 0.717) is 30.2 Å². The SMILES string of the molecule is COc1cccc(-c2cccc(-c3nc(C(=O)NCc4ccc5c(c4)OCO5)cc4c3[C@@H](CCO)N([S@](=O)C(C)(C)C)C4)c2)c1. The summed E-state index contributed by atoms with van der Waals surface area (Å²) in [5, 5.41) is 13.1. The normalized spacial score (nSPS) is 16.3. The number of carbonyl (C=O) groups excluding carboxylic acids is 1. The molecular formula is C35H37N3O6S. The summed E-state index contributed by atoms with van der Waals surface area (Å²) in [5.41, 5.74) is 6.30. The zero-order chi connectivity index (χ0) is 31.7. The Morgan fingerprint density at radius 2 is 1.76 bits per heavy atom. The highest BCUT2D eigenvalue weighted by molar-refractivity contribution is 7.84. The monoisotopic (exact) mass is 627 g/mol. The molecule has 0 saturated carbocycles. The van der Waals surface area contributed by atoms with Crippen molar-refractivity contribution in [2.75, 3.05) is 20.5 Å². The number of ether oxygens (including phenoxy) is 3. The van der Waals surface area contributed by atoms with Gasteiger partial charge >= 0.3 is 0 Å². The lowest BCUT2D eigenvalue weighted by Gasteiger charge is -2.30. The third-order valence-electron chi connectivity index (χ3n) is 7.95. The minimum atomic E-state index is -1.36. The second-order valence-corrected chi connectivity index (χ2v) is 14.3. The Bertz CT molecular complexity index is 1770. The number of hydrogen-bond acceptors (Lipinski definition) is 7. The van der Waals surface area contributed by atoms with E-state index < -0.39 is 15.7 Å². The number of hydrogen-bond donors (Lipinski definition) is 2. The number of carbonyl (C=O) groups is 1. The van der Waals surface area contributed by atoms with Crippen LogP contribution in [0.2, 0.25) is 0 Å². The molecule has 0 radical (unpaired) electrons. The number of methoxy groups -OCH3 is 1. The van der Waals surface area contributed by atoms with Crippen molar-refractivity contribution in [3.8, 4) is 39.6 Å². The first-order valence-electron chi connectivity index (χ1n) is 14.9. The predicted molar refractivity (Wildman–Crippen MR) is 173 cm³/mol. The van der Waals surface area contributed by atoms with Crippen LogP contribution in [0.5, 0.6) is 17.2 Å².